The van der Waals surface area contributed by atoms with Gasteiger partial charge in [0.25, 0.3) is 0 Å². The molecule has 0 aromatic carbocycles. The second-order valence-electron chi connectivity index (χ2n) is 6.00. The molecule has 2 saturated heterocycles. The summed E-state index contributed by atoms with van der Waals surface area (Å²) in [5.74, 6) is 1.22. The van der Waals surface area contributed by atoms with Crippen LogP contribution in [0.5, 0.6) is 0 Å². The molecular weight excluding hydrogens is 300 g/mol. The van der Waals surface area contributed by atoms with Crippen molar-refractivity contribution in [2.45, 2.75) is 43.1 Å². The lowest BCUT2D eigenvalue weighted by Gasteiger charge is -2.30. The molecule has 0 bridgehead atoms. The summed E-state index contributed by atoms with van der Waals surface area (Å²) in [5, 5.41) is 6.67. The van der Waals surface area contributed by atoms with Crippen molar-refractivity contribution in [1.29, 1.82) is 0 Å². The number of hydrogen-bond acceptors (Lipinski definition) is 4. The molecule has 122 valence electrons. The van der Waals surface area contributed by atoms with Crippen molar-refractivity contribution in [3.8, 4) is 0 Å². The number of nitrogens with one attached hydrogen (secondary N) is 2. The fraction of sp³-hybridized carbons (Fsp3) is 0.733. The van der Waals surface area contributed by atoms with E-state index in [-0.39, 0.29) is 18.2 Å². The van der Waals surface area contributed by atoms with Gasteiger partial charge in [-0.25, -0.2) is 9.78 Å². The van der Waals surface area contributed by atoms with Gasteiger partial charge in [0.15, 0.2) is 0 Å². The monoisotopic (exact) mass is 324 g/mol. The van der Waals surface area contributed by atoms with Crippen LogP contribution in [0.15, 0.2) is 12.5 Å². The molecule has 2 amide bonds. The second kappa shape index (κ2) is 7.37. The van der Waals surface area contributed by atoms with Crippen LogP contribution in [0.1, 0.15) is 37.5 Å². The van der Waals surface area contributed by atoms with E-state index in [0.717, 1.165) is 25.1 Å². The molecule has 6 nitrogen and oxygen atoms in total. The van der Waals surface area contributed by atoms with Gasteiger partial charge in [-0.2, -0.15) is 11.8 Å². The average Bonchev–Trinajstić information content (AvgIpc) is 3.16. The number of aryl methyl sites for hydroxylation is 1. The fourth-order valence-corrected chi connectivity index (χ4v) is 4.26. The van der Waals surface area contributed by atoms with E-state index in [0.29, 0.717) is 11.9 Å². The maximum absolute atomic E-state index is 12.0. The van der Waals surface area contributed by atoms with Crippen molar-refractivity contribution < 1.29 is 9.53 Å². The third-order valence-corrected chi connectivity index (χ3v) is 5.72. The summed E-state index contributed by atoms with van der Waals surface area (Å²) in [6.45, 7) is 1.43. The van der Waals surface area contributed by atoms with Crippen LogP contribution in [0, 0.1) is 0 Å². The number of ether oxygens (including phenoxy) is 1. The topological polar surface area (TPSA) is 68.2 Å². The van der Waals surface area contributed by atoms with E-state index < -0.39 is 0 Å². The normalized spacial score (nSPS) is 28.5. The summed E-state index contributed by atoms with van der Waals surface area (Å²) in [7, 11) is 1.97. The molecule has 2 aliphatic rings. The third kappa shape index (κ3) is 3.95. The second-order valence-corrected chi connectivity index (χ2v) is 7.41. The van der Waals surface area contributed by atoms with Gasteiger partial charge in [0.1, 0.15) is 6.10 Å². The molecule has 3 atom stereocenters. The minimum atomic E-state index is -0.0526. The summed E-state index contributed by atoms with van der Waals surface area (Å²) in [5.41, 5.74) is 1.06. The number of aromatic nitrogens is 2. The van der Waals surface area contributed by atoms with Crippen molar-refractivity contribution in [3.63, 3.8) is 0 Å². The van der Waals surface area contributed by atoms with Crippen LogP contribution in [0.4, 0.5) is 4.79 Å². The molecule has 3 rings (SSSR count). The van der Waals surface area contributed by atoms with Gasteiger partial charge in [-0.1, -0.05) is 0 Å². The van der Waals surface area contributed by atoms with E-state index in [1.165, 1.54) is 18.6 Å². The lowest BCUT2D eigenvalue weighted by Crippen LogP contribution is -2.46. The molecule has 3 unspecified atom stereocenters. The van der Waals surface area contributed by atoms with E-state index in [2.05, 4.69) is 15.6 Å². The summed E-state index contributed by atoms with van der Waals surface area (Å²) < 4.78 is 7.80. The van der Waals surface area contributed by atoms with Gasteiger partial charge >= 0.3 is 6.03 Å². The molecule has 0 aliphatic carbocycles. The van der Waals surface area contributed by atoms with Crippen LogP contribution in [0.25, 0.3) is 0 Å². The Labute approximate surface area is 135 Å². The van der Waals surface area contributed by atoms with Gasteiger partial charge in [-0.3, -0.25) is 0 Å². The Kier molecular flexibility index (Phi) is 5.25. The highest BCUT2D eigenvalue weighted by molar-refractivity contribution is 8.00. The molecule has 2 N–H and O–H groups in total. The quantitative estimate of drug-likeness (QED) is 0.887. The van der Waals surface area contributed by atoms with Gasteiger partial charge in [-0.15, -0.1) is 0 Å². The van der Waals surface area contributed by atoms with Gasteiger partial charge < -0.3 is 19.9 Å². The van der Waals surface area contributed by atoms with Crippen molar-refractivity contribution >= 4 is 17.8 Å². The van der Waals surface area contributed by atoms with Crippen LogP contribution in [-0.2, 0) is 11.8 Å². The Morgan fingerprint density at radius 3 is 3.18 bits per heavy atom. The molecule has 1 aromatic rings. The van der Waals surface area contributed by atoms with Crippen LogP contribution >= 0.6 is 11.8 Å². The first kappa shape index (κ1) is 15.7. The van der Waals surface area contributed by atoms with Crippen molar-refractivity contribution in [2.24, 2.45) is 7.05 Å². The molecule has 0 spiro atoms. The highest BCUT2D eigenvalue weighted by Gasteiger charge is 2.27. The van der Waals surface area contributed by atoms with E-state index in [1.807, 2.05) is 29.6 Å². The van der Waals surface area contributed by atoms with Crippen LogP contribution < -0.4 is 10.6 Å². The summed E-state index contributed by atoms with van der Waals surface area (Å²) in [6, 6.07) is 0.105. The van der Waals surface area contributed by atoms with E-state index in [9.17, 15) is 4.79 Å². The highest BCUT2D eigenvalue weighted by Crippen LogP contribution is 2.27. The maximum Gasteiger partial charge on any atom is 0.315 e. The van der Waals surface area contributed by atoms with Crippen molar-refractivity contribution in [3.05, 3.63) is 18.2 Å². The Morgan fingerprint density at radius 2 is 2.45 bits per heavy atom. The Hall–Kier alpha value is -1.21. The Balaban J connectivity index is 1.45. The van der Waals surface area contributed by atoms with Crippen molar-refractivity contribution in [1.82, 2.24) is 20.2 Å². The first-order valence-electron chi connectivity index (χ1n) is 7.96. The summed E-state index contributed by atoms with van der Waals surface area (Å²) >= 11 is 1.96. The SMILES string of the molecule is Cn1cncc1C1CC(NC(=O)NCC2CCCS2)CCO1. The number of rotatable bonds is 4. The third-order valence-electron chi connectivity index (χ3n) is 4.32. The molecule has 0 saturated carbocycles. The predicted octanol–water partition coefficient (Wildman–Crippen LogP) is 1.83. The number of hydrogen-bond donors (Lipinski definition) is 2. The fourth-order valence-electron chi connectivity index (χ4n) is 3.06. The number of carbonyl (C=O) groups is 1. The Bertz CT molecular complexity index is 501. The molecule has 7 heteroatoms. The Morgan fingerprint density at radius 1 is 1.55 bits per heavy atom. The van der Waals surface area contributed by atoms with Gasteiger partial charge in [0.05, 0.1) is 18.2 Å². The van der Waals surface area contributed by atoms with E-state index in [4.69, 9.17) is 4.74 Å². The van der Waals surface area contributed by atoms with Gasteiger partial charge in [0, 0.05) is 31.5 Å². The molecule has 22 heavy (non-hydrogen) atoms. The summed E-state index contributed by atoms with van der Waals surface area (Å²) in [6.07, 6.45) is 7.77. The number of thioether (sulfide) groups is 1. The molecular formula is C15H24N4O2S. The molecule has 0 radical (unpaired) electrons. The summed E-state index contributed by atoms with van der Waals surface area (Å²) in [4.78, 5) is 16.2. The van der Waals surface area contributed by atoms with Crippen LogP contribution in [0.2, 0.25) is 0 Å². The first-order chi connectivity index (χ1) is 10.7. The standard InChI is InChI=1S/C15H24N4O2S/c1-19-10-16-9-13(19)14-7-11(4-5-21-14)18-15(20)17-8-12-3-2-6-22-12/h9-12,14H,2-8H2,1H3,(H2,17,18,20). The van der Waals surface area contributed by atoms with Gasteiger partial charge in [0.2, 0.25) is 0 Å². The molecule has 2 aliphatic heterocycles. The highest BCUT2D eigenvalue weighted by atomic mass is 32.2. The average molecular weight is 324 g/mol. The predicted molar refractivity (Wildman–Crippen MR) is 86.9 cm³/mol. The smallest absolute Gasteiger partial charge is 0.315 e. The molecule has 3 heterocycles. The maximum atomic E-state index is 12.0. The van der Waals surface area contributed by atoms with Crippen LogP contribution in [0.3, 0.4) is 0 Å². The minimum Gasteiger partial charge on any atom is -0.372 e. The number of amides is 2. The molecule has 1 aromatic heterocycles. The molecule has 2 fully saturated rings. The number of nitrogens with zero attached hydrogens (tertiary/aromatic N) is 2. The lowest BCUT2D eigenvalue weighted by atomic mass is 10.0. The van der Waals surface area contributed by atoms with Crippen LogP contribution in [-0.4, -0.2) is 45.8 Å². The zero-order valence-corrected chi connectivity index (χ0v) is 13.8. The lowest BCUT2D eigenvalue weighted by molar-refractivity contribution is -0.00177. The van der Waals surface area contributed by atoms with Crippen molar-refractivity contribution in [2.75, 3.05) is 18.9 Å². The van der Waals surface area contributed by atoms with Gasteiger partial charge in [-0.05, 0) is 31.4 Å². The zero-order chi connectivity index (χ0) is 15.4. The zero-order valence-electron chi connectivity index (χ0n) is 13.0. The first-order valence-corrected chi connectivity index (χ1v) is 9.01. The van der Waals surface area contributed by atoms with E-state index in [1.54, 1.807) is 6.33 Å². The minimum absolute atomic E-state index is 0.0111. The van der Waals surface area contributed by atoms with E-state index >= 15 is 0 Å². The number of imidazole rings is 1. The largest absolute Gasteiger partial charge is 0.372 e. The number of carbonyl (C=O) groups excluding carboxylic acids is 1. The number of urea groups is 1.